The third-order valence-electron chi connectivity index (χ3n) is 7.86. The lowest BCUT2D eigenvalue weighted by Gasteiger charge is -2.48. The Morgan fingerprint density at radius 3 is 2.00 bits per heavy atom. The maximum Gasteiger partial charge on any atom is 0.315 e. The first-order valence-corrected chi connectivity index (χ1v) is 13.1. The quantitative estimate of drug-likeness (QED) is 0.240. The van der Waals surface area contributed by atoms with Gasteiger partial charge in [-0.2, -0.15) is 0 Å². The van der Waals surface area contributed by atoms with E-state index in [-0.39, 0.29) is 5.91 Å². The maximum atomic E-state index is 13.7. The number of aryl methyl sites for hydroxylation is 1. The van der Waals surface area contributed by atoms with Crippen LogP contribution >= 0.6 is 0 Å². The Balaban J connectivity index is 1.30. The van der Waals surface area contributed by atoms with Gasteiger partial charge >= 0.3 is 11.9 Å². The van der Waals surface area contributed by atoms with Crippen molar-refractivity contribution in [1.29, 1.82) is 0 Å². The van der Waals surface area contributed by atoms with E-state index in [1.54, 1.807) is 6.07 Å². The van der Waals surface area contributed by atoms with E-state index in [9.17, 15) is 19.5 Å². The van der Waals surface area contributed by atoms with Crippen LogP contribution in [-0.2, 0) is 20.8 Å². The van der Waals surface area contributed by atoms with Gasteiger partial charge in [-0.1, -0.05) is 78.9 Å². The van der Waals surface area contributed by atoms with Crippen LogP contribution in [0.5, 0.6) is 5.75 Å². The Kier molecular flexibility index (Phi) is 6.45. The minimum absolute atomic E-state index is 0.0212. The minimum atomic E-state index is -0.924. The Hall–Kier alpha value is -4.71. The van der Waals surface area contributed by atoms with Crippen molar-refractivity contribution in [2.75, 3.05) is 5.32 Å². The number of benzene rings is 4. The fraction of sp³-hybridized carbons (Fsp3) is 0.182. The molecule has 0 spiro atoms. The highest BCUT2D eigenvalue weighted by Crippen LogP contribution is 2.58. The number of carbonyl (C=O) groups excluding carboxylic acids is 2. The van der Waals surface area contributed by atoms with Crippen LogP contribution in [-0.4, -0.2) is 23.0 Å². The number of hydrogen-bond acceptors (Lipinski definition) is 4. The molecule has 39 heavy (non-hydrogen) atoms. The van der Waals surface area contributed by atoms with Gasteiger partial charge in [-0.05, 0) is 58.5 Å². The molecule has 194 valence electrons. The molecule has 2 unspecified atom stereocenters. The van der Waals surface area contributed by atoms with Crippen molar-refractivity contribution in [2.45, 2.75) is 24.7 Å². The molecular formula is C33H27NO5. The van der Waals surface area contributed by atoms with Crippen molar-refractivity contribution >= 4 is 23.5 Å². The number of carboxylic acid groups (broad SMARTS) is 1. The lowest BCUT2D eigenvalue weighted by atomic mass is 9.52. The third kappa shape index (κ3) is 4.70. The van der Waals surface area contributed by atoms with Crippen molar-refractivity contribution in [2.24, 2.45) is 11.8 Å². The Morgan fingerprint density at radius 1 is 0.718 bits per heavy atom. The molecule has 1 aliphatic carbocycles. The number of anilines is 1. The summed E-state index contributed by atoms with van der Waals surface area (Å²) >= 11 is 0. The zero-order valence-electron chi connectivity index (χ0n) is 21.1. The van der Waals surface area contributed by atoms with E-state index in [0.29, 0.717) is 18.6 Å². The molecule has 1 fully saturated rings. The third-order valence-corrected chi connectivity index (χ3v) is 7.86. The number of aliphatic carboxylic acids is 1. The van der Waals surface area contributed by atoms with E-state index in [0.717, 1.165) is 33.5 Å². The second-order valence-electron chi connectivity index (χ2n) is 10.1. The molecule has 0 aromatic heterocycles. The van der Waals surface area contributed by atoms with E-state index < -0.39 is 35.6 Å². The highest BCUT2D eigenvalue weighted by atomic mass is 16.5. The summed E-state index contributed by atoms with van der Waals surface area (Å²) in [5, 5.41) is 13.1. The van der Waals surface area contributed by atoms with Crippen LogP contribution in [0.4, 0.5) is 5.69 Å². The second kappa shape index (κ2) is 10.2. The van der Waals surface area contributed by atoms with Crippen LogP contribution in [0, 0.1) is 11.8 Å². The van der Waals surface area contributed by atoms with Gasteiger partial charge in [-0.25, -0.2) is 0 Å². The van der Waals surface area contributed by atoms with Crippen LogP contribution in [0.3, 0.4) is 0 Å². The summed E-state index contributed by atoms with van der Waals surface area (Å²) in [5.41, 5.74) is 5.37. The highest BCUT2D eigenvalue weighted by molar-refractivity contribution is 5.94. The number of esters is 1. The van der Waals surface area contributed by atoms with Crippen molar-refractivity contribution in [3.8, 4) is 16.9 Å². The van der Waals surface area contributed by atoms with Gasteiger partial charge in [-0.15, -0.1) is 0 Å². The molecule has 0 radical (unpaired) electrons. The molecule has 4 aromatic carbocycles. The molecule has 6 nitrogen and oxygen atoms in total. The number of rotatable bonds is 6. The molecule has 4 atom stereocenters. The van der Waals surface area contributed by atoms with E-state index in [4.69, 9.17) is 4.74 Å². The zero-order valence-corrected chi connectivity index (χ0v) is 21.1. The number of fused-ring (bicyclic) bond motifs is 1. The van der Waals surface area contributed by atoms with Crippen LogP contribution in [0.1, 0.15) is 34.9 Å². The predicted molar refractivity (Wildman–Crippen MR) is 147 cm³/mol. The summed E-state index contributed by atoms with van der Waals surface area (Å²) in [6, 6.07) is 31.9. The van der Waals surface area contributed by atoms with Crippen molar-refractivity contribution in [3.05, 3.63) is 120 Å². The number of carboxylic acids is 1. The molecule has 4 aromatic rings. The first-order valence-electron chi connectivity index (χ1n) is 13.1. The molecule has 6 rings (SSSR count). The lowest BCUT2D eigenvalue weighted by molar-refractivity contribution is -0.158. The molecule has 6 heteroatoms. The summed E-state index contributed by atoms with van der Waals surface area (Å²) < 4.78 is 5.95. The average molecular weight is 518 g/mol. The van der Waals surface area contributed by atoms with Gasteiger partial charge in [0.05, 0.1) is 11.8 Å². The van der Waals surface area contributed by atoms with Gasteiger partial charge < -0.3 is 15.2 Å². The summed E-state index contributed by atoms with van der Waals surface area (Å²) in [5.74, 6) is -3.33. The molecule has 1 aliphatic heterocycles. The molecule has 1 amide bonds. The predicted octanol–water partition coefficient (Wildman–Crippen LogP) is 6.04. The van der Waals surface area contributed by atoms with Crippen LogP contribution in [0.25, 0.3) is 11.1 Å². The Labute approximate surface area is 226 Å². The average Bonchev–Trinajstić information content (AvgIpc) is 2.93. The van der Waals surface area contributed by atoms with Gasteiger partial charge in [0.25, 0.3) is 0 Å². The fourth-order valence-electron chi connectivity index (χ4n) is 6.01. The SMILES string of the molecule is O=C1CCc2cc(-c3cccc(OC(=O)C4C(c5ccccc5)[C@@H](C(=O)O)[C@@H]4c4ccccc4)c3)ccc2N1. The van der Waals surface area contributed by atoms with Crippen molar-refractivity contribution < 1.29 is 24.2 Å². The molecule has 2 N–H and O–H groups in total. The van der Waals surface area contributed by atoms with Crippen LogP contribution in [0.15, 0.2) is 103 Å². The number of ether oxygens (including phenoxy) is 1. The summed E-state index contributed by atoms with van der Waals surface area (Å²) in [6.45, 7) is 0. The Morgan fingerprint density at radius 2 is 1.36 bits per heavy atom. The molecular weight excluding hydrogens is 490 g/mol. The lowest BCUT2D eigenvalue weighted by Crippen LogP contribution is -2.52. The van der Waals surface area contributed by atoms with Gasteiger partial charge in [0.15, 0.2) is 0 Å². The first-order chi connectivity index (χ1) is 19.0. The number of nitrogens with one attached hydrogen (secondary N) is 1. The zero-order chi connectivity index (χ0) is 26.9. The van der Waals surface area contributed by atoms with E-state index in [1.807, 2.05) is 91.0 Å². The van der Waals surface area contributed by atoms with E-state index in [1.165, 1.54) is 0 Å². The standard InChI is InChI=1S/C33H27NO5/c35-27-17-15-24-18-23(14-16-26(24)34-27)22-12-7-13-25(19-22)39-33(38)31-28(20-8-3-1-4-9-20)30(32(36)37)29(31)21-10-5-2-6-11-21/h1-14,16,18-19,28-31H,15,17H2,(H,34,35)(H,36,37)/t28-,29?,30-,31?/m0/s1. The molecule has 0 saturated heterocycles. The summed E-state index contributed by atoms with van der Waals surface area (Å²) in [4.78, 5) is 37.9. The number of carbonyl (C=O) groups is 3. The number of amides is 1. The van der Waals surface area contributed by atoms with Gasteiger partial charge in [0.2, 0.25) is 5.91 Å². The van der Waals surface area contributed by atoms with Gasteiger partial charge in [0, 0.05) is 23.9 Å². The van der Waals surface area contributed by atoms with Gasteiger partial charge in [-0.3, -0.25) is 14.4 Å². The largest absolute Gasteiger partial charge is 0.481 e. The molecule has 0 bridgehead atoms. The summed E-state index contributed by atoms with van der Waals surface area (Å²) in [7, 11) is 0. The minimum Gasteiger partial charge on any atom is -0.481 e. The van der Waals surface area contributed by atoms with Crippen molar-refractivity contribution in [3.63, 3.8) is 0 Å². The second-order valence-corrected chi connectivity index (χ2v) is 10.1. The van der Waals surface area contributed by atoms with E-state index >= 15 is 0 Å². The smallest absolute Gasteiger partial charge is 0.315 e. The normalized spacial score (nSPS) is 21.7. The van der Waals surface area contributed by atoms with Crippen molar-refractivity contribution in [1.82, 2.24) is 0 Å². The highest BCUT2D eigenvalue weighted by Gasteiger charge is 2.59. The fourth-order valence-corrected chi connectivity index (χ4v) is 6.01. The van der Waals surface area contributed by atoms with Crippen LogP contribution in [0.2, 0.25) is 0 Å². The maximum absolute atomic E-state index is 13.7. The van der Waals surface area contributed by atoms with Crippen LogP contribution < -0.4 is 10.1 Å². The first kappa shape index (κ1) is 24.6. The number of hydrogen-bond donors (Lipinski definition) is 2. The topological polar surface area (TPSA) is 92.7 Å². The molecule has 2 aliphatic rings. The Bertz CT molecular complexity index is 1500. The molecule has 1 saturated carbocycles. The molecule has 1 heterocycles. The monoisotopic (exact) mass is 517 g/mol. The van der Waals surface area contributed by atoms with E-state index in [2.05, 4.69) is 11.4 Å². The van der Waals surface area contributed by atoms with Gasteiger partial charge in [0.1, 0.15) is 5.75 Å². The summed E-state index contributed by atoms with van der Waals surface area (Å²) in [6.07, 6.45) is 1.13.